The van der Waals surface area contributed by atoms with Gasteiger partial charge in [-0.05, 0) is 57.9 Å². The third-order valence-corrected chi connectivity index (χ3v) is 3.48. The maximum Gasteiger partial charge on any atom is 0.134 e. The third kappa shape index (κ3) is 4.32. The van der Waals surface area contributed by atoms with Gasteiger partial charge in [0.2, 0.25) is 0 Å². The van der Waals surface area contributed by atoms with Crippen LogP contribution in [0.4, 0.5) is 4.39 Å². The molecule has 0 saturated carbocycles. The minimum Gasteiger partial charge on any atom is -0.488 e. The summed E-state index contributed by atoms with van der Waals surface area (Å²) in [5.41, 5.74) is 2.01. The highest BCUT2D eigenvalue weighted by Gasteiger charge is 2.04. The summed E-state index contributed by atoms with van der Waals surface area (Å²) < 4.78 is 19.7. The molecule has 0 atom stereocenters. The Morgan fingerprint density at radius 2 is 2.00 bits per heavy atom. The van der Waals surface area contributed by atoms with Crippen molar-refractivity contribution in [3.8, 4) is 5.75 Å². The first-order valence-corrected chi connectivity index (χ1v) is 7.34. The number of halogens is 2. The van der Waals surface area contributed by atoms with Gasteiger partial charge in [0.05, 0.1) is 4.47 Å². The first kappa shape index (κ1) is 15.0. The van der Waals surface area contributed by atoms with E-state index in [0.29, 0.717) is 6.61 Å². The Balaban J connectivity index is 1.99. The first-order chi connectivity index (χ1) is 9.69. The molecular weight excluding hydrogens is 321 g/mol. The zero-order chi connectivity index (χ0) is 14.4. The zero-order valence-electron chi connectivity index (χ0n) is 11.3. The molecule has 2 rings (SSSR count). The molecule has 0 amide bonds. The monoisotopic (exact) mass is 337 g/mol. The number of ether oxygens (including phenoxy) is 1. The van der Waals surface area contributed by atoms with Crippen LogP contribution < -0.4 is 10.1 Å². The Bertz CT molecular complexity index is 574. The average Bonchev–Trinajstić information content (AvgIpc) is 2.44. The second-order valence-electron chi connectivity index (χ2n) is 4.46. The van der Waals surface area contributed by atoms with Crippen molar-refractivity contribution in [2.75, 3.05) is 6.54 Å². The molecule has 4 heteroatoms. The van der Waals surface area contributed by atoms with E-state index in [1.165, 1.54) is 17.7 Å². The van der Waals surface area contributed by atoms with Crippen molar-refractivity contribution in [2.45, 2.75) is 20.1 Å². The molecule has 0 bridgehead atoms. The fraction of sp³-hybridized carbons (Fsp3) is 0.250. The van der Waals surface area contributed by atoms with Gasteiger partial charge in [0.25, 0.3) is 0 Å². The normalized spacial score (nSPS) is 10.6. The molecular formula is C16H17BrFNO. The maximum absolute atomic E-state index is 13.1. The van der Waals surface area contributed by atoms with Crippen LogP contribution in [-0.2, 0) is 13.2 Å². The molecule has 0 heterocycles. The van der Waals surface area contributed by atoms with E-state index in [0.717, 1.165) is 28.9 Å². The smallest absolute Gasteiger partial charge is 0.134 e. The van der Waals surface area contributed by atoms with Gasteiger partial charge in [-0.1, -0.05) is 25.1 Å². The van der Waals surface area contributed by atoms with Crippen LogP contribution in [0.5, 0.6) is 5.75 Å². The fourth-order valence-corrected chi connectivity index (χ4v) is 2.37. The van der Waals surface area contributed by atoms with Crippen LogP contribution >= 0.6 is 15.9 Å². The largest absolute Gasteiger partial charge is 0.488 e. The van der Waals surface area contributed by atoms with Gasteiger partial charge >= 0.3 is 0 Å². The quantitative estimate of drug-likeness (QED) is 0.849. The molecule has 0 aliphatic rings. The number of rotatable bonds is 6. The highest BCUT2D eigenvalue weighted by Crippen LogP contribution is 2.26. The lowest BCUT2D eigenvalue weighted by molar-refractivity contribution is 0.303. The lowest BCUT2D eigenvalue weighted by Crippen LogP contribution is -2.11. The second-order valence-corrected chi connectivity index (χ2v) is 5.32. The summed E-state index contributed by atoms with van der Waals surface area (Å²) in [4.78, 5) is 0. The molecule has 0 unspecified atom stereocenters. The van der Waals surface area contributed by atoms with Gasteiger partial charge in [-0.2, -0.15) is 0 Å². The Kier molecular flexibility index (Phi) is 5.56. The van der Waals surface area contributed by atoms with Crippen LogP contribution in [0.1, 0.15) is 18.1 Å². The van der Waals surface area contributed by atoms with Crippen LogP contribution in [0.15, 0.2) is 46.9 Å². The van der Waals surface area contributed by atoms with Gasteiger partial charge in [0.15, 0.2) is 0 Å². The summed E-state index contributed by atoms with van der Waals surface area (Å²) in [6.45, 7) is 4.20. The van der Waals surface area contributed by atoms with Gasteiger partial charge in [0, 0.05) is 6.54 Å². The van der Waals surface area contributed by atoms with Crippen molar-refractivity contribution < 1.29 is 9.13 Å². The molecule has 0 aromatic heterocycles. The van der Waals surface area contributed by atoms with E-state index in [4.69, 9.17) is 4.74 Å². The lowest BCUT2D eigenvalue weighted by atomic mass is 10.2. The summed E-state index contributed by atoms with van der Waals surface area (Å²) in [7, 11) is 0. The number of hydrogen-bond acceptors (Lipinski definition) is 2. The molecule has 1 N–H and O–H groups in total. The number of hydrogen-bond donors (Lipinski definition) is 1. The standard InChI is InChI=1S/C16H17BrFNO/c1-2-19-10-12-6-7-16(15(17)9-12)20-11-13-4-3-5-14(18)8-13/h3-9,19H,2,10-11H2,1H3. The summed E-state index contributed by atoms with van der Waals surface area (Å²) in [5.74, 6) is 0.515. The summed E-state index contributed by atoms with van der Waals surface area (Å²) in [6.07, 6.45) is 0. The van der Waals surface area contributed by atoms with E-state index in [1.54, 1.807) is 6.07 Å². The van der Waals surface area contributed by atoms with Gasteiger partial charge in [-0.15, -0.1) is 0 Å². The zero-order valence-corrected chi connectivity index (χ0v) is 12.9. The van der Waals surface area contributed by atoms with E-state index < -0.39 is 0 Å². The predicted octanol–water partition coefficient (Wildman–Crippen LogP) is 4.28. The molecule has 0 saturated heterocycles. The molecule has 0 spiro atoms. The van der Waals surface area contributed by atoms with E-state index >= 15 is 0 Å². The average molecular weight is 338 g/mol. The molecule has 106 valence electrons. The second kappa shape index (κ2) is 7.41. The van der Waals surface area contributed by atoms with Crippen LogP contribution in [0.3, 0.4) is 0 Å². The highest BCUT2D eigenvalue weighted by molar-refractivity contribution is 9.10. The topological polar surface area (TPSA) is 21.3 Å². The van der Waals surface area contributed by atoms with Crippen molar-refractivity contribution in [2.24, 2.45) is 0 Å². The summed E-state index contributed by atoms with van der Waals surface area (Å²) in [5, 5.41) is 3.27. The third-order valence-electron chi connectivity index (χ3n) is 2.86. The maximum atomic E-state index is 13.1. The molecule has 0 radical (unpaired) electrons. The first-order valence-electron chi connectivity index (χ1n) is 6.55. The van der Waals surface area contributed by atoms with Crippen molar-refractivity contribution in [3.63, 3.8) is 0 Å². The predicted molar refractivity (Wildman–Crippen MR) is 82.3 cm³/mol. The van der Waals surface area contributed by atoms with E-state index in [1.807, 2.05) is 24.3 Å². The van der Waals surface area contributed by atoms with E-state index in [9.17, 15) is 4.39 Å². The Hall–Kier alpha value is -1.39. The van der Waals surface area contributed by atoms with Gasteiger partial charge in [-0.3, -0.25) is 0 Å². The molecule has 2 aromatic rings. The van der Waals surface area contributed by atoms with E-state index in [2.05, 4.69) is 28.2 Å². The van der Waals surface area contributed by atoms with Gasteiger partial charge in [-0.25, -0.2) is 4.39 Å². The van der Waals surface area contributed by atoms with Crippen molar-refractivity contribution in [1.82, 2.24) is 5.32 Å². The van der Waals surface area contributed by atoms with Crippen LogP contribution in [-0.4, -0.2) is 6.54 Å². The molecule has 0 fully saturated rings. The molecule has 0 aliphatic carbocycles. The van der Waals surface area contributed by atoms with Crippen LogP contribution in [0.2, 0.25) is 0 Å². The van der Waals surface area contributed by atoms with E-state index in [-0.39, 0.29) is 5.82 Å². The Labute approximate surface area is 127 Å². The molecule has 0 aliphatic heterocycles. The lowest BCUT2D eigenvalue weighted by Gasteiger charge is -2.10. The number of nitrogens with one attached hydrogen (secondary N) is 1. The molecule has 2 aromatic carbocycles. The van der Waals surface area contributed by atoms with Crippen molar-refractivity contribution >= 4 is 15.9 Å². The molecule has 2 nitrogen and oxygen atoms in total. The van der Waals surface area contributed by atoms with Crippen molar-refractivity contribution in [1.29, 1.82) is 0 Å². The number of benzene rings is 2. The Morgan fingerprint density at radius 1 is 1.15 bits per heavy atom. The summed E-state index contributed by atoms with van der Waals surface area (Å²) in [6, 6.07) is 12.4. The van der Waals surface area contributed by atoms with Gasteiger partial charge in [0.1, 0.15) is 18.2 Å². The molecule has 20 heavy (non-hydrogen) atoms. The highest BCUT2D eigenvalue weighted by atomic mass is 79.9. The minimum atomic E-state index is -0.244. The summed E-state index contributed by atoms with van der Waals surface area (Å²) >= 11 is 3.50. The van der Waals surface area contributed by atoms with Crippen molar-refractivity contribution in [3.05, 3.63) is 63.9 Å². The van der Waals surface area contributed by atoms with Crippen LogP contribution in [0, 0.1) is 5.82 Å². The SMILES string of the molecule is CCNCc1ccc(OCc2cccc(F)c2)c(Br)c1. The van der Waals surface area contributed by atoms with Crippen LogP contribution in [0.25, 0.3) is 0 Å². The van der Waals surface area contributed by atoms with Gasteiger partial charge < -0.3 is 10.1 Å². The Morgan fingerprint density at radius 3 is 2.70 bits per heavy atom. The fourth-order valence-electron chi connectivity index (χ4n) is 1.83. The minimum absolute atomic E-state index is 0.244.